The van der Waals surface area contributed by atoms with Crippen LogP contribution in [-0.4, -0.2) is 101 Å². The molecule has 12 bridgehead atoms. The number of oxime groups is 4. The van der Waals surface area contributed by atoms with Crippen LogP contribution in [0.25, 0.3) is 0 Å². The van der Waals surface area contributed by atoms with E-state index in [9.17, 15) is 0 Å². The van der Waals surface area contributed by atoms with Crippen LogP contribution in [0, 0.1) is 0 Å². The molecule has 14 nitrogen and oxygen atoms in total. The van der Waals surface area contributed by atoms with Gasteiger partial charge in [0.25, 0.3) is 0 Å². The van der Waals surface area contributed by atoms with Gasteiger partial charge in [0.2, 0.25) is 25.2 Å². The molecule has 46 heavy (non-hydrogen) atoms. The maximum Gasteiger partial charge on any atom is 0.232 e. The van der Waals surface area contributed by atoms with E-state index in [4.69, 9.17) is 47.8 Å². The number of hydrogen-bond donors (Lipinski definition) is 0. The van der Waals surface area contributed by atoms with Crippen LogP contribution < -0.4 is 0 Å². The van der Waals surface area contributed by atoms with Crippen LogP contribution >= 0.6 is 0 Å². The van der Waals surface area contributed by atoms with Crippen molar-refractivity contribution >= 4 is 22.8 Å². The minimum Gasteiger partial charge on any atom is -0.377 e. The van der Waals surface area contributed by atoms with E-state index < -0.39 is 25.2 Å². The molecule has 0 N–H and O–H groups in total. The highest BCUT2D eigenvalue weighted by Gasteiger charge is 2.27. The van der Waals surface area contributed by atoms with Gasteiger partial charge in [-0.05, 0) is 22.3 Å². The van der Waals surface area contributed by atoms with Crippen molar-refractivity contribution < 1.29 is 47.8 Å². The number of benzene rings is 2. The van der Waals surface area contributed by atoms with Gasteiger partial charge in [0.15, 0.2) is 0 Å². The molecule has 0 aromatic heterocycles. The fourth-order valence-electron chi connectivity index (χ4n) is 5.33. The zero-order chi connectivity index (χ0) is 31.0. The molecule has 2 aromatic rings. The lowest BCUT2D eigenvalue weighted by Gasteiger charge is -2.12. The van der Waals surface area contributed by atoms with E-state index in [-0.39, 0.29) is 0 Å². The van der Waals surface area contributed by atoms with Gasteiger partial charge in [0, 0.05) is 0 Å². The van der Waals surface area contributed by atoms with Gasteiger partial charge in [0.1, 0.15) is 0 Å². The van der Waals surface area contributed by atoms with Gasteiger partial charge in [-0.3, -0.25) is 0 Å². The molecule has 2 aromatic carbocycles. The first-order valence-electron chi connectivity index (χ1n) is 15.5. The number of hydrogen-bond acceptors (Lipinski definition) is 14. The van der Waals surface area contributed by atoms with Crippen molar-refractivity contribution in [3.05, 3.63) is 70.8 Å². The first-order chi connectivity index (χ1) is 22.8. The minimum atomic E-state index is -0.452. The van der Waals surface area contributed by atoms with Crippen LogP contribution in [0.5, 0.6) is 0 Å². The molecule has 0 saturated carbocycles. The summed E-state index contributed by atoms with van der Waals surface area (Å²) < 4.78 is 34.5. The van der Waals surface area contributed by atoms with Gasteiger partial charge >= 0.3 is 0 Å². The topological polar surface area (TPSA) is 142 Å². The average Bonchev–Trinajstić information content (AvgIpc) is 3.92. The smallest absolute Gasteiger partial charge is 0.232 e. The van der Waals surface area contributed by atoms with Crippen molar-refractivity contribution in [1.82, 2.24) is 0 Å². The Balaban J connectivity index is 0.908. The van der Waals surface area contributed by atoms with E-state index >= 15 is 0 Å². The maximum absolute atomic E-state index is 5.79. The van der Waals surface area contributed by atoms with Crippen molar-refractivity contribution in [3.8, 4) is 0 Å². The molecule has 8 aliphatic rings. The summed E-state index contributed by atoms with van der Waals surface area (Å²) in [5, 5.41) is 16.8. The van der Waals surface area contributed by atoms with Gasteiger partial charge < -0.3 is 47.8 Å². The largest absolute Gasteiger partial charge is 0.377 e. The van der Waals surface area contributed by atoms with Crippen LogP contribution in [0.4, 0.5) is 0 Å². The van der Waals surface area contributed by atoms with Crippen LogP contribution in [-0.2, 0) is 47.8 Å². The lowest BCUT2D eigenvalue weighted by atomic mass is 10.0. The van der Waals surface area contributed by atoms with Crippen molar-refractivity contribution in [3.63, 3.8) is 0 Å². The first-order valence-corrected chi connectivity index (χ1v) is 15.5. The third-order valence-electron chi connectivity index (χ3n) is 7.79. The Labute approximate surface area is 265 Å². The van der Waals surface area contributed by atoms with E-state index in [2.05, 4.69) is 20.6 Å². The normalized spacial score (nSPS) is 27.7. The van der Waals surface area contributed by atoms with Gasteiger partial charge in [-0.2, -0.15) is 0 Å². The maximum atomic E-state index is 5.79. The summed E-state index contributed by atoms with van der Waals surface area (Å²) in [5.74, 6) is 0. The highest BCUT2D eigenvalue weighted by molar-refractivity contribution is 6.05. The number of rotatable bonds is 0. The third-order valence-corrected chi connectivity index (χ3v) is 7.79. The SMILES string of the molecule is c1cc2ccc1C1=NO[C@H](C1)OCCOCCO[C@@H]1CC(=NO1)c1ccc(cc1)C1=NO[C@@H](C1)OCCOCCO[C@H]1CC2=NO1. The molecule has 0 unspecified atom stereocenters. The van der Waals surface area contributed by atoms with Crippen molar-refractivity contribution in [2.75, 3.05) is 52.9 Å². The second-order valence-corrected chi connectivity index (χ2v) is 11.0. The summed E-state index contributed by atoms with van der Waals surface area (Å²) in [6.07, 6.45) is 0.376. The second-order valence-electron chi connectivity index (χ2n) is 11.0. The standard InChI is InChI=1S/C32H36N4O10/c1-2-22-4-3-21(1)25-17-29(43-33-25)39-13-9-37-11-15-41-31-19-27(35-45-31)23-5-7-24(8-6-23)28-20-32(46-36-28)42-16-12-38-10-14-40-30-18-26(22)34-44-30/h1-8,29-32H,9-20H2/t29-,30-,31+,32+. The zero-order valence-corrected chi connectivity index (χ0v) is 25.3. The molecule has 0 radical (unpaired) electrons. The lowest BCUT2D eigenvalue weighted by molar-refractivity contribution is -0.147. The van der Waals surface area contributed by atoms with Gasteiger partial charge in [-0.15, -0.1) is 0 Å². The Hall–Kier alpha value is -3.92. The Morgan fingerprint density at radius 2 is 0.587 bits per heavy atom. The van der Waals surface area contributed by atoms with Crippen molar-refractivity contribution in [2.45, 2.75) is 50.8 Å². The van der Waals surface area contributed by atoms with E-state index in [1.165, 1.54) is 0 Å². The quantitative estimate of drug-likeness (QED) is 0.423. The van der Waals surface area contributed by atoms with Crippen LogP contribution in [0.3, 0.4) is 0 Å². The van der Waals surface area contributed by atoms with E-state index in [1.807, 2.05) is 48.5 Å². The van der Waals surface area contributed by atoms with Gasteiger partial charge in [-0.25, -0.2) is 0 Å². The summed E-state index contributed by atoms with van der Waals surface area (Å²) in [6.45, 7) is 3.09. The fraction of sp³-hybridized carbons (Fsp3) is 0.500. The molecule has 8 aliphatic heterocycles. The Bertz CT molecular complexity index is 1230. The Morgan fingerprint density at radius 3 is 0.826 bits per heavy atom. The molecule has 0 spiro atoms. The van der Waals surface area contributed by atoms with Crippen molar-refractivity contribution in [2.24, 2.45) is 20.6 Å². The monoisotopic (exact) mass is 636 g/mol. The van der Waals surface area contributed by atoms with Gasteiger partial charge in [-0.1, -0.05) is 69.2 Å². The molecule has 4 atom stereocenters. The molecular formula is C32H36N4O10. The highest BCUT2D eigenvalue weighted by atomic mass is 16.8. The zero-order valence-electron chi connectivity index (χ0n) is 25.3. The predicted molar refractivity (Wildman–Crippen MR) is 162 cm³/mol. The summed E-state index contributed by atoms with van der Waals surface area (Å²) in [5.41, 5.74) is 7.12. The summed E-state index contributed by atoms with van der Waals surface area (Å²) in [6, 6.07) is 15.9. The van der Waals surface area contributed by atoms with E-state index in [0.29, 0.717) is 78.5 Å². The molecule has 14 heteroatoms. The molecular weight excluding hydrogens is 600 g/mol. The predicted octanol–water partition coefficient (Wildman–Crippen LogP) is 3.30. The third kappa shape index (κ3) is 7.89. The lowest BCUT2D eigenvalue weighted by Crippen LogP contribution is -2.19. The van der Waals surface area contributed by atoms with Gasteiger partial charge in [0.05, 0.1) is 101 Å². The molecule has 10 rings (SSSR count). The minimum absolute atomic E-state index is 0.372. The summed E-state index contributed by atoms with van der Waals surface area (Å²) >= 11 is 0. The van der Waals surface area contributed by atoms with Crippen LogP contribution in [0.2, 0.25) is 0 Å². The summed E-state index contributed by atoms with van der Waals surface area (Å²) in [7, 11) is 0. The number of ether oxygens (including phenoxy) is 6. The van der Waals surface area contributed by atoms with Crippen LogP contribution in [0.15, 0.2) is 69.2 Å². The molecule has 0 amide bonds. The number of nitrogens with zero attached hydrogens (tertiary/aromatic N) is 4. The molecule has 244 valence electrons. The fourth-order valence-corrected chi connectivity index (χ4v) is 5.33. The molecule has 0 saturated heterocycles. The molecule has 0 fully saturated rings. The van der Waals surface area contributed by atoms with Crippen LogP contribution in [0.1, 0.15) is 47.9 Å². The second kappa shape index (κ2) is 15.1. The highest BCUT2D eigenvalue weighted by Crippen LogP contribution is 2.23. The first kappa shape index (κ1) is 30.7. The van der Waals surface area contributed by atoms with Crippen molar-refractivity contribution in [1.29, 1.82) is 0 Å². The summed E-state index contributed by atoms with van der Waals surface area (Å²) in [4.78, 5) is 21.9. The average molecular weight is 637 g/mol. The molecule has 0 aliphatic carbocycles. The van der Waals surface area contributed by atoms with E-state index in [0.717, 1.165) is 45.1 Å². The molecule has 8 heterocycles. The Kier molecular flexibility index (Phi) is 10.1. The van der Waals surface area contributed by atoms with E-state index in [1.54, 1.807) is 0 Å². The Morgan fingerprint density at radius 1 is 0.348 bits per heavy atom.